The van der Waals surface area contributed by atoms with Gasteiger partial charge in [-0.3, -0.25) is 0 Å². The quantitative estimate of drug-likeness (QED) is 0.256. The Morgan fingerprint density at radius 1 is 0.923 bits per heavy atom. The molecule has 3 heteroatoms. The summed E-state index contributed by atoms with van der Waals surface area (Å²) in [5, 5.41) is 9.44. The molecule has 26 heavy (non-hydrogen) atoms. The molecule has 0 aromatic heterocycles. The van der Waals surface area contributed by atoms with Crippen molar-refractivity contribution in [2.45, 2.75) is 103 Å². The van der Waals surface area contributed by atoms with Crippen molar-refractivity contribution in [3.63, 3.8) is 0 Å². The molecule has 0 aliphatic carbocycles. The predicted octanol–water partition coefficient (Wildman–Crippen LogP) is 6.37. The Kier molecular flexibility index (Phi) is 13.3. The SMILES string of the molecule is CCCCC/C=C\C/C=C\CCCCCCCC1=N[C@@](CC)(CO)CO1. The number of aliphatic hydroxyl groups excluding tert-OH is 1. The molecule has 0 saturated heterocycles. The molecule has 1 atom stereocenters. The summed E-state index contributed by atoms with van der Waals surface area (Å²) in [7, 11) is 0. The van der Waals surface area contributed by atoms with Gasteiger partial charge in [-0.05, 0) is 44.9 Å². The third-order valence-electron chi connectivity index (χ3n) is 5.16. The van der Waals surface area contributed by atoms with Crippen LogP contribution in [0.4, 0.5) is 0 Å². The molecule has 1 rings (SSSR count). The molecule has 0 fully saturated rings. The van der Waals surface area contributed by atoms with Gasteiger partial charge in [0.05, 0.1) is 6.61 Å². The van der Waals surface area contributed by atoms with Gasteiger partial charge in [-0.2, -0.15) is 0 Å². The van der Waals surface area contributed by atoms with E-state index in [-0.39, 0.29) is 12.1 Å². The Morgan fingerprint density at radius 2 is 1.58 bits per heavy atom. The van der Waals surface area contributed by atoms with Crippen LogP contribution in [0.15, 0.2) is 29.3 Å². The zero-order chi connectivity index (χ0) is 18.9. The maximum atomic E-state index is 9.44. The summed E-state index contributed by atoms with van der Waals surface area (Å²) in [5.41, 5.74) is -0.355. The number of allylic oxidation sites excluding steroid dienone is 4. The zero-order valence-corrected chi connectivity index (χ0v) is 17.2. The molecule has 0 aromatic rings. The van der Waals surface area contributed by atoms with Crippen molar-refractivity contribution in [2.24, 2.45) is 4.99 Å². The van der Waals surface area contributed by atoms with Crippen LogP contribution in [0.1, 0.15) is 97.3 Å². The third kappa shape index (κ3) is 10.2. The van der Waals surface area contributed by atoms with Crippen LogP contribution < -0.4 is 0 Å². The van der Waals surface area contributed by atoms with E-state index in [0.717, 1.165) is 31.6 Å². The van der Waals surface area contributed by atoms with Gasteiger partial charge in [0.15, 0.2) is 5.90 Å². The fourth-order valence-corrected chi connectivity index (χ4v) is 3.14. The monoisotopic (exact) mass is 363 g/mol. The van der Waals surface area contributed by atoms with E-state index in [9.17, 15) is 5.11 Å². The largest absolute Gasteiger partial charge is 0.478 e. The van der Waals surface area contributed by atoms with Crippen molar-refractivity contribution in [1.82, 2.24) is 0 Å². The second kappa shape index (κ2) is 15.0. The molecular formula is C23H41NO2. The minimum Gasteiger partial charge on any atom is -0.478 e. The summed E-state index contributed by atoms with van der Waals surface area (Å²) in [6, 6.07) is 0. The number of unbranched alkanes of at least 4 members (excludes halogenated alkanes) is 8. The summed E-state index contributed by atoms with van der Waals surface area (Å²) < 4.78 is 5.65. The molecule has 1 aliphatic rings. The molecule has 3 nitrogen and oxygen atoms in total. The maximum Gasteiger partial charge on any atom is 0.184 e. The number of nitrogens with zero attached hydrogens (tertiary/aromatic N) is 1. The van der Waals surface area contributed by atoms with E-state index in [0.29, 0.717) is 6.61 Å². The Balaban J connectivity index is 1.91. The second-order valence-corrected chi connectivity index (χ2v) is 7.51. The molecule has 0 saturated carbocycles. The third-order valence-corrected chi connectivity index (χ3v) is 5.16. The smallest absolute Gasteiger partial charge is 0.184 e. The highest BCUT2D eigenvalue weighted by molar-refractivity contribution is 5.78. The molecular weight excluding hydrogens is 322 g/mol. The van der Waals surface area contributed by atoms with E-state index in [4.69, 9.17) is 4.74 Å². The first kappa shape index (κ1) is 23.0. The van der Waals surface area contributed by atoms with Crippen molar-refractivity contribution in [3.8, 4) is 0 Å². The highest BCUT2D eigenvalue weighted by Crippen LogP contribution is 2.24. The molecule has 0 aromatic carbocycles. The summed E-state index contributed by atoms with van der Waals surface area (Å²) in [6.45, 7) is 4.95. The van der Waals surface area contributed by atoms with Gasteiger partial charge in [0.25, 0.3) is 0 Å². The van der Waals surface area contributed by atoms with E-state index in [2.05, 4.69) is 43.1 Å². The van der Waals surface area contributed by atoms with E-state index in [1.54, 1.807) is 0 Å². The molecule has 150 valence electrons. The first-order valence-corrected chi connectivity index (χ1v) is 10.9. The Morgan fingerprint density at radius 3 is 2.19 bits per heavy atom. The van der Waals surface area contributed by atoms with Gasteiger partial charge in [0.1, 0.15) is 12.1 Å². The highest BCUT2D eigenvalue weighted by atomic mass is 16.5. The van der Waals surface area contributed by atoms with Crippen LogP contribution >= 0.6 is 0 Å². The minimum absolute atomic E-state index is 0.0924. The number of hydrogen-bond acceptors (Lipinski definition) is 3. The first-order valence-electron chi connectivity index (χ1n) is 10.9. The van der Waals surface area contributed by atoms with Crippen LogP contribution in [0, 0.1) is 0 Å². The average Bonchev–Trinajstić information content (AvgIpc) is 3.09. The molecule has 0 bridgehead atoms. The normalized spacial score (nSPS) is 20.2. The second-order valence-electron chi connectivity index (χ2n) is 7.51. The van der Waals surface area contributed by atoms with Crippen LogP contribution in [0.3, 0.4) is 0 Å². The van der Waals surface area contributed by atoms with Gasteiger partial charge < -0.3 is 9.84 Å². The lowest BCUT2D eigenvalue weighted by Gasteiger charge is -2.17. The van der Waals surface area contributed by atoms with Gasteiger partial charge >= 0.3 is 0 Å². The number of aliphatic hydroxyl groups is 1. The molecule has 0 spiro atoms. The summed E-state index contributed by atoms with van der Waals surface area (Å²) in [5.74, 6) is 0.853. The van der Waals surface area contributed by atoms with Gasteiger partial charge in [0.2, 0.25) is 0 Å². The van der Waals surface area contributed by atoms with E-state index in [1.807, 2.05) is 0 Å². The fourth-order valence-electron chi connectivity index (χ4n) is 3.14. The topological polar surface area (TPSA) is 41.8 Å². The first-order chi connectivity index (χ1) is 12.8. The van der Waals surface area contributed by atoms with Crippen LogP contribution in [0.25, 0.3) is 0 Å². The van der Waals surface area contributed by atoms with Crippen LogP contribution in [0.2, 0.25) is 0 Å². The zero-order valence-electron chi connectivity index (χ0n) is 17.2. The Hall–Kier alpha value is -1.09. The number of ether oxygens (including phenoxy) is 1. The van der Waals surface area contributed by atoms with Crippen molar-refractivity contribution in [2.75, 3.05) is 13.2 Å². The lowest BCUT2D eigenvalue weighted by atomic mass is 10.0. The summed E-state index contributed by atoms with van der Waals surface area (Å²) >= 11 is 0. The Bertz CT molecular complexity index is 422. The molecule has 1 heterocycles. The minimum atomic E-state index is -0.355. The standard InChI is InChI=1S/C23H41NO2/c1-3-5-6-7-8-9-10-11-12-13-14-15-16-17-18-19-22-24-23(4-2,20-25)21-26-22/h8-9,11-12,25H,3-7,10,13-21H2,1-2H3/b9-8-,12-11-/t23-/m0/s1. The summed E-state index contributed by atoms with van der Waals surface area (Å²) in [6.07, 6.45) is 24.8. The molecule has 0 unspecified atom stereocenters. The fraction of sp³-hybridized carbons (Fsp3) is 0.783. The van der Waals surface area contributed by atoms with Crippen LogP contribution in [0.5, 0.6) is 0 Å². The van der Waals surface area contributed by atoms with Gasteiger partial charge in [0, 0.05) is 6.42 Å². The van der Waals surface area contributed by atoms with Gasteiger partial charge in [-0.1, -0.05) is 70.3 Å². The molecule has 0 radical (unpaired) electrons. The van der Waals surface area contributed by atoms with Crippen molar-refractivity contribution >= 4 is 5.90 Å². The lowest BCUT2D eigenvalue weighted by molar-refractivity contribution is 0.153. The number of aliphatic imine (C=N–C) groups is 1. The highest BCUT2D eigenvalue weighted by Gasteiger charge is 2.33. The van der Waals surface area contributed by atoms with E-state index < -0.39 is 0 Å². The predicted molar refractivity (Wildman–Crippen MR) is 113 cm³/mol. The van der Waals surface area contributed by atoms with Gasteiger partial charge in [-0.25, -0.2) is 4.99 Å². The number of hydrogen-bond donors (Lipinski definition) is 1. The van der Waals surface area contributed by atoms with Crippen molar-refractivity contribution in [3.05, 3.63) is 24.3 Å². The Labute approximate surface area is 161 Å². The van der Waals surface area contributed by atoms with Crippen molar-refractivity contribution < 1.29 is 9.84 Å². The summed E-state index contributed by atoms with van der Waals surface area (Å²) in [4.78, 5) is 4.59. The molecule has 1 N–H and O–H groups in total. The van der Waals surface area contributed by atoms with Gasteiger partial charge in [-0.15, -0.1) is 0 Å². The molecule has 1 aliphatic heterocycles. The average molecular weight is 364 g/mol. The maximum absolute atomic E-state index is 9.44. The van der Waals surface area contributed by atoms with Crippen molar-refractivity contribution in [1.29, 1.82) is 0 Å². The van der Waals surface area contributed by atoms with Crippen LogP contribution in [-0.4, -0.2) is 29.8 Å². The lowest BCUT2D eigenvalue weighted by Crippen LogP contribution is -2.31. The van der Waals surface area contributed by atoms with E-state index >= 15 is 0 Å². The molecule has 0 amide bonds. The van der Waals surface area contributed by atoms with E-state index in [1.165, 1.54) is 57.8 Å². The number of rotatable bonds is 16. The van der Waals surface area contributed by atoms with Crippen LogP contribution in [-0.2, 0) is 4.74 Å².